The van der Waals surface area contributed by atoms with E-state index in [1.165, 1.54) is 57.8 Å². The predicted molar refractivity (Wildman–Crippen MR) is 81.1 cm³/mol. The van der Waals surface area contributed by atoms with Crippen LogP contribution in [-0.2, 0) is 4.43 Å². The summed E-state index contributed by atoms with van der Waals surface area (Å²) in [7, 11) is 1.61. The van der Waals surface area contributed by atoms with E-state index in [2.05, 4.69) is 6.92 Å². The second-order valence-electron chi connectivity index (χ2n) is 4.77. The largest absolute Gasteiger partial charge is 0.396 e. The van der Waals surface area contributed by atoms with Gasteiger partial charge in [0.1, 0.15) is 0 Å². The Morgan fingerprint density at radius 3 is 1.59 bits per heavy atom. The molecule has 0 saturated heterocycles. The van der Waals surface area contributed by atoms with Crippen LogP contribution >= 0.6 is 22.2 Å². The lowest BCUT2D eigenvalue weighted by Crippen LogP contribution is -2.21. The Hall–Kier alpha value is 0.757. The molecule has 17 heavy (non-hydrogen) atoms. The highest BCUT2D eigenvalue weighted by molar-refractivity contribution is 7.42. The van der Waals surface area contributed by atoms with Crippen molar-refractivity contribution in [3.63, 3.8) is 0 Å². The lowest BCUT2D eigenvalue weighted by atomic mass is 10.1. The highest BCUT2D eigenvalue weighted by atomic mass is 35.7. The number of rotatable bonds is 12. The van der Waals surface area contributed by atoms with Gasteiger partial charge in [-0.15, -0.1) is 22.2 Å². The first kappa shape index (κ1) is 17.8. The summed E-state index contributed by atoms with van der Waals surface area (Å²) in [4.78, 5) is 0. The Labute approximate surface area is 118 Å². The Bertz CT molecular complexity index is 165. The predicted octanol–water partition coefficient (Wildman–Crippen LogP) is 5.97. The van der Waals surface area contributed by atoms with Crippen LogP contribution in [0.5, 0.6) is 0 Å². The fourth-order valence-electron chi connectivity index (χ4n) is 1.92. The summed E-state index contributed by atoms with van der Waals surface area (Å²) in [6.07, 6.45) is 13.4. The molecule has 0 aliphatic carbocycles. The van der Waals surface area contributed by atoms with Crippen molar-refractivity contribution in [1.29, 1.82) is 0 Å². The van der Waals surface area contributed by atoms with Gasteiger partial charge in [-0.1, -0.05) is 71.1 Å². The van der Waals surface area contributed by atoms with Gasteiger partial charge in [0.25, 0.3) is 0 Å². The molecule has 0 aromatic heterocycles. The van der Waals surface area contributed by atoms with Crippen LogP contribution in [-0.4, -0.2) is 14.0 Å². The fraction of sp³-hybridized carbons (Fsp3) is 1.00. The zero-order chi connectivity index (χ0) is 13.0. The normalized spacial score (nSPS) is 12.0. The summed E-state index contributed by atoms with van der Waals surface area (Å²) in [6.45, 7) is -0.0622. The number of unbranched alkanes of at least 4 members (excludes halogenated alkanes) is 9. The first-order valence-corrected chi connectivity index (χ1v) is 11.2. The molecule has 4 heteroatoms. The fourth-order valence-corrected chi connectivity index (χ4v) is 3.59. The summed E-state index contributed by atoms with van der Waals surface area (Å²) in [5.74, 6) is 0. The second kappa shape index (κ2) is 11.8. The molecule has 0 amide bonds. The molecule has 1 nitrogen and oxygen atoms in total. The van der Waals surface area contributed by atoms with Crippen LogP contribution in [0, 0.1) is 0 Å². The van der Waals surface area contributed by atoms with E-state index >= 15 is 0 Å². The number of hydrogen-bond acceptors (Lipinski definition) is 1. The number of halogens is 2. The molecule has 0 aromatic carbocycles. The molecular formula is C13H28Cl2OSi. The van der Waals surface area contributed by atoms with Crippen molar-refractivity contribution >= 4 is 29.1 Å². The summed E-state index contributed by atoms with van der Waals surface area (Å²) < 4.78 is 5.09. The van der Waals surface area contributed by atoms with E-state index in [4.69, 9.17) is 26.6 Å². The van der Waals surface area contributed by atoms with E-state index in [9.17, 15) is 0 Å². The van der Waals surface area contributed by atoms with Crippen LogP contribution in [0.4, 0.5) is 0 Å². The van der Waals surface area contributed by atoms with Gasteiger partial charge >= 0.3 is 6.94 Å². The minimum absolute atomic E-state index is 0.864. The molecule has 0 heterocycles. The molecule has 0 radical (unpaired) electrons. The van der Waals surface area contributed by atoms with E-state index in [1.807, 2.05) is 0 Å². The van der Waals surface area contributed by atoms with Crippen LogP contribution in [0.1, 0.15) is 71.1 Å². The summed E-state index contributed by atoms with van der Waals surface area (Å²) in [5.41, 5.74) is 0. The van der Waals surface area contributed by atoms with Gasteiger partial charge in [-0.05, 0) is 6.04 Å². The van der Waals surface area contributed by atoms with Crippen molar-refractivity contribution in [2.75, 3.05) is 7.11 Å². The minimum atomic E-state index is -2.32. The monoisotopic (exact) mass is 298 g/mol. The van der Waals surface area contributed by atoms with E-state index in [1.54, 1.807) is 7.11 Å². The van der Waals surface area contributed by atoms with Crippen LogP contribution in [0.3, 0.4) is 0 Å². The molecule has 0 aromatic rings. The van der Waals surface area contributed by atoms with Gasteiger partial charge in [-0.3, -0.25) is 0 Å². The summed E-state index contributed by atoms with van der Waals surface area (Å²) >= 11 is 12.0. The van der Waals surface area contributed by atoms with Crippen LogP contribution in [0.15, 0.2) is 0 Å². The maximum absolute atomic E-state index is 6.01. The molecule has 0 rings (SSSR count). The lowest BCUT2D eigenvalue weighted by molar-refractivity contribution is 0.424. The zero-order valence-electron chi connectivity index (χ0n) is 11.4. The van der Waals surface area contributed by atoms with Gasteiger partial charge in [-0.25, -0.2) is 0 Å². The average Bonchev–Trinajstić information content (AvgIpc) is 2.31. The molecule has 0 bridgehead atoms. The highest BCUT2D eigenvalue weighted by Gasteiger charge is 2.27. The molecule has 104 valence electrons. The van der Waals surface area contributed by atoms with E-state index in [-0.39, 0.29) is 0 Å². The van der Waals surface area contributed by atoms with Crippen molar-refractivity contribution in [3.8, 4) is 0 Å². The molecule has 0 atom stereocenters. The SMILES string of the molecule is CCCCCCCCCCCC[Si](Cl)(Cl)OC. The third-order valence-corrected chi connectivity index (χ3v) is 6.71. The Morgan fingerprint density at radius 1 is 0.765 bits per heavy atom. The minimum Gasteiger partial charge on any atom is -0.396 e. The van der Waals surface area contributed by atoms with Gasteiger partial charge in [0.2, 0.25) is 0 Å². The van der Waals surface area contributed by atoms with Crippen molar-refractivity contribution in [2.24, 2.45) is 0 Å². The first-order chi connectivity index (χ1) is 8.12. The Kier molecular flexibility index (Phi) is 12.4. The maximum atomic E-state index is 6.01. The number of hydrogen-bond donors (Lipinski definition) is 0. The van der Waals surface area contributed by atoms with Crippen molar-refractivity contribution < 1.29 is 4.43 Å². The van der Waals surface area contributed by atoms with Crippen molar-refractivity contribution in [1.82, 2.24) is 0 Å². The first-order valence-electron chi connectivity index (χ1n) is 7.05. The van der Waals surface area contributed by atoms with Crippen LogP contribution in [0.25, 0.3) is 0 Å². The smallest absolute Gasteiger partial charge is 0.389 e. The van der Waals surface area contributed by atoms with Gasteiger partial charge < -0.3 is 4.43 Å². The summed E-state index contributed by atoms with van der Waals surface area (Å²) in [5, 5.41) is 0. The van der Waals surface area contributed by atoms with E-state index in [0.717, 1.165) is 12.5 Å². The lowest BCUT2D eigenvalue weighted by Gasteiger charge is -2.13. The molecule has 0 N–H and O–H groups in total. The quantitative estimate of drug-likeness (QED) is 0.245. The average molecular weight is 299 g/mol. The molecule has 0 saturated carbocycles. The molecule has 0 fully saturated rings. The van der Waals surface area contributed by atoms with Crippen LogP contribution < -0.4 is 0 Å². The van der Waals surface area contributed by atoms with Gasteiger partial charge in [-0.2, -0.15) is 0 Å². The topological polar surface area (TPSA) is 9.23 Å². The second-order valence-corrected chi connectivity index (χ2v) is 11.2. The van der Waals surface area contributed by atoms with E-state index in [0.29, 0.717) is 0 Å². The third kappa shape index (κ3) is 13.0. The van der Waals surface area contributed by atoms with E-state index < -0.39 is 6.94 Å². The zero-order valence-corrected chi connectivity index (χ0v) is 14.0. The summed E-state index contributed by atoms with van der Waals surface area (Å²) in [6, 6.07) is 0.864. The van der Waals surface area contributed by atoms with Crippen molar-refractivity contribution in [2.45, 2.75) is 77.2 Å². The van der Waals surface area contributed by atoms with Gasteiger partial charge in [0, 0.05) is 7.11 Å². The molecule has 0 aliphatic heterocycles. The standard InChI is InChI=1S/C13H28Cl2OSi/c1-3-4-5-6-7-8-9-10-11-12-13-17(14,15)16-2/h3-13H2,1-2H3. The molecule has 0 aliphatic rings. The maximum Gasteiger partial charge on any atom is 0.389 e. The Balaban J connectivity index is 3.09. The Morgan fingerprint density at radius 2 is 1.18 bits per heavy atom. The molecule has 0 unspecified atom stereocenters. The molecule has 0 spiro atoms. The van der Waals surface area contributed by atoms with Gasteiger partial charge in [0.15, 0.2) is 0 Å². The van der Waals surface area contributed by atoms with Crippen molar-refractivity contribution in [3.05, 3.63) is 0 Å². The molecular weight excluding hydrogens is 271 g/mol. The van der Waals surface area contributed by atoms with Crippen LogP contribution in [0.2, 0.25) is 6.04 Å². The third-order valence-electron chi connectivity index (χ3n) is 3.12. The highest BCUT2D eigenvalue weighted by Crippen LogP contribution is 2.24. The van der Waals surface area contributed by atoms with Gasteiger partial charge in [0.05, 0.1) is 0 Å².